The van der Waals surface area contributed by atoms with Gasteiger partial charge in [-0.3, -0.25) is 4.79 Å². The standard InChI is InChI=1S/C24H28N8O/c1-16(2)19-15-28-32-23(19)29-22(21(33)12-17-8-10-25-13-17)30-24(32)26-14-18-6-3-4-7-20(18)31-11-5-9-27-31/h3-7,9,11,15-17,25H,8,10,12-14H2,1-2H3,(H,26,29,30). The van der Waals surface area contributed by atoms with Crippen molar-refractivity contribution in [2.45, 2.75) is 39.2 Å². The third-order valence-electron chi connectivity index (χ3n) is 6.08. The molecule has 0 radical (unpaired) electrons. The normalized spacial score (nSPS) is 16.0. The van der Waals surface area contributed by atoms with E-state index in [9.17, 15) is 4.79 Å². The molecular weight excluding hydrogens is 416 g/mol. The Labute approximate surface area is 192 Å². The minimum absolute atomic E-state index is 0.0258. The number of rotatable bonds is 8. The smallest absolute Gasteiger partial charge is 0.228 e. The number of nitrogens with one attached hydrogen (secondary N) is 2. The molecule has 1 aliphatic heterocycles. The van der Waals surface area contributed by atoms with Gasteiger partial charge in [-0.05, 0) is 49.0 Å². The lowest BCUT2D eigenvalue weighted by Crippen LogP contribution is -2.18. The van der Waals surface area contributed by atoms with Gasteiger partial charge >= 0.3 is 0 Å². The van der Waals surface area contributed by atoms with Crippen LogP contribution >= 0.6 is 0 Å². The first-order valence-corrected chi connectivity index (χ1v) is 11.4. The number of carbonyl (C=O) groups excluding carboxylic acids is 1. The molecule has 1 fully saturated rings. The highest BCUT2D eigenvalue weighted by molar-refractivity contribution is 5.93. The molecule has 170 valence electrons. The molecule has 1 atom stereocenters. The summed E-state index contributed by atoms with van der Waals surface area (Å²) in [5.41, 5.74) is 3.70. The van der Waals surface area contributed by atoms with Gasteiger partial charge in [-0.15, -0.1) is 0 Å². The third kappa shape index (κ3) is 4.36. The first-order valence-electron chi connectivity index (χ1n) is 11.4. The summed E-state index contributed by atoms with van der Waals surface area (Å²) in [5.74, 6) is 1.30. The SMILES string of the molecule is CC(C)c1cnn2c(NCc3ccccc3-n3cccn3)nc(C(=O)CC3CCNC3)nc12. The van der Waals surface area contributed by atoms with Crippen molar-refractivity contribution in [2.24, 2.45) is 5.92 Å². The zero-order valence-corrected chi connectivity index (χ0v) is 18.9. The molecule has 1 aliphatic rings. The van der Waals surface area contributed by atoms with E-state index in [1.807, 2.05) is 47.4 Å². The maximum absolute atomic E-state index is 13.1. The van der Waals surface area contributed by atoms with Gasteiger partial charge in [-0.25, -0.2) is 9.67 Å². The number of fused-ring (bicyclic) bond motifs is 1. The second kappa shape index (κ2) is 9.11. The van der Waals surface area contributed by atoms with Gasteiger partial charge in [0.25, 0.3) is 0 Å². The lowest BCUT2D eigenvalue weighted by atomic mass is 10.0. The molecule has 0 aliphatic carbocycles. The molecule has 0 amide bonds. The van der Waals surface area contributed by atoms with Crippen molar-refractivity contribution < 1.29 is 4.79 Å². The Morgan fingerprint density at radius 3 is 2.85 bits per heavy atom. The van der Waals surface area contributed by atoms with E-state index < -0.39 is 0 Å². The van der Waals surface area contributed by atoms with Crippen LogP contribution in [0.15, 0.2) is 48.9 Å². The van der Waals surface area contributed by atoms with Gasteiger partial charge in [0.1, 0.15) is 0 Å². The van der Waals surface area contributed by atoms with Gasteiger partial charge in [0.2, 0.25) is 17.6 Å². The van der Waals surface area contributed by atoms with Gasteiger partial charge in [0, 0.05) is 30.9 Å². The molecule has 1 aromatic carbocycles. The van der Waals surface area contributed by atoms with Crippen LogP contribution in [0.4, 0.5) is 5.95 Å². The minimum Gasteiger partial charge on any atom is -0.350 e. The summed E-state index contributed by atoms with van der Waals surface area (Å²) in [7, 11) is 0. The largest absolute Gasteiger partial charge is 0.350 e. The fourth-order valence-electron chi connectivity index (χ4n) is 4.25. The van der Waals surface area contributed by atoms with Crippen molar-refractivity contribution in [3.05, 3.63) is 65.9 Å². The van der Waals surface area contributed by atoms with Gasteiger partial charge in [0.05, 0.1) is 11.9 Å². The second-order valence-electron chi connectivity index (χ2n) is 8.78. The van der Waals surface area contributed by atoms with Crippen molar-refractivity contribution >= 4 is 17.4 Å². The van der Waals surface area contributed by atoms with Gasteiger partial charge < -0.3 is 10.6 Å². The zero-order valence-electron chi connectivity index (χ0n) is 18.9. The van der Waals surface area contributed by atoms with Gasteiger partial charge in [-0.1, -0.05) is 32.0 Å². The quantitative estimate of drug-likeness (QED) is 0.402. The number of hydrogen-bond acceptors (Lipinski definition) is 7. The number of nitrogens with zero attached hydrogens (tertiary/aromatic N) is 6. The van der Waals surface area contributed by atoms with Crippen LogP contribution in [0, 0.1) is 5.92 Å². The number of hydrogen-bond donors (Lipinski definition) is 2. The summed E-state index contributed by atoms with van der Waals surface area (Å²) in [5, 5.41) is 15.6. The van der Waals surface area contributed by atoms with Gasteiger partial charge in [0.15, 0.2) is 5.65 Å². The maximum Gasteiger partial charge on any atom is 0.228 e. The van der Waals surface area contributed by atoms with Crippen LogP contribution in [0.2, 0.25) is 0 Å². The number of ketones is 1. The van der Waals surface area contributed by atoms with Crippen molar-refractivity contribution in [1.29, 1.82) is 0 Å². The monoisotopic (exact) mass is 444 g/mol. The number of carbonyl (C=O) groups is 1. The van der Waals surface area contributed by atoms with E-state index in [0.29, 0.717) is 30.5 Å². The summed E-state index contributed by atoms with van der Waals surface area (Å²) in [6, 6.07) is 9.95. The average molecular weight is 445 g/mol. The first-order chi connectivity index (χ1) is 16.1. The summed E-state index contributed by atoms with van der Waals surface area (Å²) < 4.78 is 3.53. The van der Waals surface area contributed by atoms with E-state index in [0.717, 1.165) is 36.3 Å². The Hall–Kier alpha value is -3.59. The minimum atomic E-state index is -0.0258. The molecule has 0 bridgehead atoms. The predicted molar refractivity (Wildman–Crippen MR) is 126 cm³/mol. The molecule has 1 saturated heterocycles. The highest BCUT2D eigenvalue weighted by atomic mass is 16.1. The highest BCUT2D eigenvalue weighted by Gasteiger charge is 2.23. The Bertz CT molecular complexity index is 1250. The van der Waals surface area contributed by atoms with Gasteiger partial charge in [-0.2, -0.15) is 19.7 Å². The summed E-state index contributed by atoms with van der Waals surface area (Å²) in [4.78, 5) is 22.3. The summed E-state index contributed by atoms with van der Waals surface area (Å²) in [6.07, 6.45) is 6.95. The van der Waals surface area contributed by atoms with Crippen molar-refractivity contribution in [3.63, 3.8) is 0 Å². The molecule has 2 N–H and O–H groups in total. The number of anilines is 1. The number of benzene rings is 1. The lowest BCUT2D eigenvalue weighted by Gasteiger charge is -2.13. The van der Waals surface area contributed by atoms with E-state index in [-0.39, 0.29) is 17.5 Å². The van der Waals surface area contributed by atoms with Crippen molar-refractivity contribution in [2.75, 3.05) is 18.4 Å². The number of para-hydroxylation sites is 1. The molecule has 0 spiro atoms. The lowest BCUT2D eigenvalue weighted by molar-refractivity contribution is 0.0954. The molecule has 1 unspecified atom stereocenters. The predicted octanol–water partition coefficient (Wildman–Crippen LogP) is 3.23. The van der Waals surface area contributed by atoms with Crippen LogP contribution in [0.5, 0.6) is 0 Å². The van der Waals surface area contributed by atoms with Crippen molar-refractivity contribution in [3.8, 4) is 5.69 Å². The van der Waals surface area contributed by atoms with E-state index in [1.54, 1.807) is 10.7 Å². The average Bonchev–Trinajstić information content (AvgIpc) is 3.59. The van der Waals surface area contributed by atoms with E-state index in [1.165, 1.54) is 0 Å². The Morgan fingerprint density at radius 2 is 2.09 bits per heavy atom. The summed E-state index contributed by atoms with van der Waals surface area (Å²) in [6.45, 7) is 6.52. The Morgan fingerprint density at radius 1 is 1.21 bits per heavy atom. The molecular formula is C24H28N8O. The van der Waals surface area contributed by atoms with E-state index in [2.05, 4.69) is 44.6 Å². The topological polar surface area (TPSA) is 102 Å². The highest BCUT2D eigenvalue weighted by Crippen LogP contribution is 2.23. The maximum atomic E-state index is 13.1. The van der Waals surface area contributed by atoms with E-state index >= 15 is 0 Å². The fraction of sp³-hybridized carbons (Fsp3) is 0.375. The molecule has 9 nitrogen and oxygen atoms in total. The van der Waals surface area contributed by atoms with Crippen LogP contribution in [0.3, 0.4) is 0 Å². The molecule has 4 aromatic rings. The van der Waals surface area contributed by atoms with Crippen molar-refractivity contribution in [1.82, 2.24) is 34.7 Å². The van der Waals surface area contributed by atoms with Crippen LogP contribution in [-0.2, 0) is 6.54 Å². The van der Waals surface area contributed by atoms with Crippen LogP contribution in [-0.4, -0.2) is 48.2 Å². The molecule has 3 aromatic heterocycles. The van der Waals surface area contributed by atoms with Crippen LogP contribution in [0.1, 0.15) is 54.4 Å². The second-order valence-corrected chi connectivity index (χ2v) is 8.78. The Balaban J connectivity index is 1.48. The van der Waals surface area contributed by atoms with Crippen LogP contribution in [0.25, 0.3) is 11.3 Å². The zero-order chi connectivity index (χ0) is 22.8. The Kier molecular flexibility index (Phi) is 5.87. The first kappa shape index (κ1) is 21.3. The summed E-state index contributed by atoms with van der Waals surface area (Å²) >= 11 is 0. The third-order valence-corrected chi connectivity index (χ3v) is 6.08. The molecule has 5 rings (SSSR count). The molecule has 9 heteroatoms. The molecule has 4 heterocycles. The van der Waals surface area contributed by atoms with Crippen LogP contribution < -0.4 is 10.6 Å². The number of aromatic nitrogens is 6. The van der Waals surface area contributed by atoms with E-state index in [4.69, 9.17) is 0 Å². The fourth-order valence-corrected chi connectivity index (χ4v) is 4.25. The number of Topliss-reactive ketones (excluding diaryl/α,β-unsaturated/α-hetero) is 1. The molecule has 0 saturated carbocycles. The molecule has 33 heavy (non-hydrogen) atoms.